The van der Waals surface area contributed by atoms with E-state index in [9.17, 15) is 0 Å². The van der Waals surface area contributed by atoms with Crippen molar-refractivity contribution in [1.82, 2.24) is 4.98 Å². The first kappa shape index (κ1) is 16.2. The van der Waals surface area contributed by atoms with Gasteiger partial charge in [-0.25, -0.2) is 4.98 Å². The van der Waals surface area contributed by atoms with Gasteiger partial charge in [0.05, 0.1) is 0 Å². The summed E-state index contributed by atoms with van der Waals surface area (Å²) in [5.74, 6) is 0.800. The van der Waals surface area contributed by atoms with Crippen molar-refractivity contribution in [3.8, 4) is 11.1 Å². The van der Waals surface area contributed by atoms with Crippen LogP contribution in [-0.2, 0) is 5.75 Å². The number of hydrogen-bond donors (Lipinski definition) is 0. The third kappa shape index (κ3) is 3.58. The molecule has 0 bridgehead atoms. The maximum absolute atomic E-state index is 5.94. The van der Waals surface area contributed by atoms with Gasteiger partial charge in [0.25, 0.3) is 5.22 Å². The van der Waals surface area contributed by atoms with Crippen LogP contribution in [0, 0.1) is 6.92 Å². The minimum atomic E-state index is 0.687. The van der Waals surface area contributed by atoms with Crippen molar-refractivity contribution >= 4 is 34.5 Å². The van der Waals surface area contributed by atoms with E-state index in [4.69, 9.17) is 16.0 Å². The molecule has 0 atom stereocenters. The number of nitrogens with zero attached hydrogens (tertiary/aromatic N) is 1. The monoisotopic (exact) mass is 365 g/mol. The van der Waals surface area contributed by atoms with E-state index in [0.29, 0.717) is 5.22 Å². The molecule has 0 fully saturated rings. The zero-order chi connectivity index (χ0) is 17.2. The van der Waals surface area contributed by atoms with Gasteiger partial charge < -0.3 is 4.42 Å². The molecule has 0 spiro atoms. The van der Waals surface area contributed by atoms with E-state index in [0.717, 1.165) is 27.4 Å². The van der Waals surface area contributed by atoms with Gasteiger partial charge in [0.2, 0.25) is 0 Å². The van der Waals surface area contributed by atoms with Crippen molar-refractivity contribution in [3.63, 3.8) is 0 Å². The van der Waals surface area contributed by atoms with E-state index >= 15 is 0 Å². The Morgan fingerprint density at radius 2 is 1.80 bits per heavy atom. The van der Waals surface area contributed by atoms with E-state index in [2.05, 4.69) is 48.3 Å². The van der Waals surface area contributed by atoms with Crippen molar-refractivity contribution in [2.75, 3.05) is 0 Å². The molecule has 0 unspecified atom stereocenters. The Kier molecular flexibility index (Phi) is 4.51. The summed E-state index contributed by atoms with van der Waals surface area (Å²) in [6.07, 6.45) is 0. The predicted molar refractivity (Wildman–Crippen MR) is 105 cm³/mol. The molecular formula is C21H16ClNOS. The van der Waals surface area contributed by atoms with Gasteiger partial charge in [-0.2, -0.15) is 0 Å². The quantitative estimate of drug-likeness (QED) is 0.374. The van der Waals surface area contributed by atoms with Gasteiger partial charge in [-0.05, 0) is 53.4 Å². The van der Waals surface area contributed by atoms with Gasteiger partial charge in [0.1, 0.15) is 5.52 Å². The van der Waals surface area contributed by atoms with Crippen molar-refractivity contribution in [2.45, 2.75) is 17.9 Å². The van der Waals surface area contributed by atoms with Gasteiger partial charge in [-0.3, -0.25) is 0 Å². The molecule has 0 N–H and O–H groups in total. The fourth-order valence-corrected chi connectivity index (χ4v) is 3.68. The van der Waals surface area contributed by atoms with Crippen molar-refractivity contribution < 1.29 is 4.42 Å². The number of rotatable bonds is 4. The summed E-state index contributed by atoms with van der Waals surface area (Å²) in [5.41, 5.74) is 6.51. The van der Waals surface area contributed by atoms with Gasteiger partial charge in [0, 0.05) is 10.8 Å². The number of hydrogen-bond acceptors (Lipinski definition) is 3. The number of oxazole rings is 1. The molecule has 0 amide bonds. The summed E-state index contributed by atoms with van der Waals surface area (Å²) >= 11 is 7.51. The first-order valence-corrected chi connectivity index (χ1v) is 9.39. The highest BCUT2D eigenvalue weighted by Crippen LogP contribution is 2.30. The molecule has 25 heavy (non-hydrogen) atoms. The Hall–Kier alpha value is -2.23. The second-order valence-electron chi connectivity index (χ2n) is 5.89. The first-order valence-electron chi connectivity index (χ1n) is 8.03. The first-order chi connectivity index (χ1) is 12.2. The van der Waals surface area contributed by atoms with E-state index in [-0.39, 0.29) is 0 Å². The number of thioether (sulfide) groups is 1. The van der Waals surface area contributed by atoms with Crippen molar-refractivity contribution in [3.05, 3.63) is 82.9 Å². The Balaban J connectivity index is 1.58. The summed E-state index contributed by atoms with van der Waals surface area (Å²) in [7, 11) is 0. The van der Waals surface area contributed by atoms with Crippen LogP contribution < -0.4 is 0 Å². The largest absolute Gasteiger partial charge is 0.431 e. The number of aryl methyl sites for hydroxylation is 1. The second kappa shape index (κ2) is 6.95. The number of aromatic nitrogens is 1. The summed E-state index contributed by atoms with van der Waals surface area (Å²) in [6.45, 7) is 2.12. The molecule has 0 saturated heterocycles. The van der Waals surface area contributed by atoms with Crippen LogP contribution >= 0.6 is 23.4 Å². The van der Waals surface area contributed by atoms with Crippen LogP contribution in [0.1, 0.15) is 11.1 Å². The molecular weight excluding hydrogens is 350 g/mol. The average Bonchev–Trinajstić information content (AvgIpc) is 3.04. The highest BCUT2D eigenvalue weighted by Gasteiger charge is 2.09. The van der Waals surface area contributed by atoms with Gasteiger partial charge in [-0.15, -0.1) is 0 Å². The molecule has 4 heteroatoms. The third-order valence-corrected chi connectivity index (χ3v) is 5.25. The van der Waals surface area contributed by atoms with Crippen LogP contribution in [0.2, 0.25) is 5.02 Å². The number of fused-ring (bicyclic) bond motifs is 1. The zero-order valence-electron chi connectivity index (χ0n) is 13.7. The maximum Gasteiger partial charge on any atom is 0.257 e. The van der Waals surface area contributed by atoms with Crippen LogP contribution in [0.15, 0.2) is 76.4 Å². The lowest BCUT2D eigenvalue weighted by molar-refractivity contribution is 0.489. The SMILES string of the molecule is Cc1ccccc1-c1ccc2nc(SCc3ccc(Cl)cc3)oc2c1. The molecule has 0 radical (unpaired) electrons. The smallest absolute Gasteiger partial charge is 0.257 e. The Morgan fingerprint density at radius 3 is 2.60 bits per heavy atom. The minimum absolute atomic E-state index is 0.687. The Morgan fingerprint density at radius 1 is 1.00 bits per heavy atom. The molecule has 0 aliphatic rings. The topological polar surface area (TPSA) is 26.0 Å². The van der Waals surface area contributed by atoms with E-state index in [1.165, 1.54) is 16.7 Å². The lowest BCUT2D eigenvalue weighted by Gasteiger charge is -2.04. The molecule has 3 aromatic carbocycles. The maximum atomic E-state index is 5.94. The minimum Gasteiger partial charge on any atom is -0.431 e. The van der Waals surface area contributed by atoms with E-state index < -0.39 is 0 Å². The third-order valence-electron chi connectivity index (χ3n) is 4.10. The molecule has 0 saturated carbocycles. The van der Waals surface area contributed by atoms with Gasteiger partial charge in [0.15, 0.2) is 5.58 Å². The van der Waals surface area contributed by atoms with Crippen LogP contribution in [0.3, 0.4) is 0 Å². The van der Waals surface area contributed by atoms with Gasteiger partial charge in [-0.1, -0.05) is 65.8 Å². The van der Waals surface area contributed by atoms with Crippen LogP contribution in [0.5, 0.6) is 0 Å². The molecule has 4 aromatic rings. The number of halogens is 1. The fourth-order valence-electron chi connectivity index (χ4n) is 2.76. The summed E-state index contributed by atoms with van der Waals surface area (Å²) < 4.78 is 5.94. The fraction of sp³-hybridized carbons (Fsp3) is 0.0952. The molecule has 2 nitrogen and oxygen atoms in total. The summed E-state index contributed by atoms with van der Waals surface area (Å²) in [4.78, 5) is 4.57. The normalized spacial score (nSPS) is 11.1. The van der Waals surface area contributed by atoms with E-state index in [1.807, 2.05) is 30.3 Å². The molecule has 0 aliphatic carbocycles. The van der Waals surface area contributed by atoms with Crippen LogP contribution in [0.4, 0.5) is 0 Å². The van der Waals surface area contributed by atoms with E-state index in [1.54, 1.807) is 11.8 Å². The Bertz CT molecular complexity index is 1020. The highest BCUT2D eigenvalue weighted by molar-refractivity contribution is 7.98. The highest BCUT2D eigenvalue weighted by atomic mass is 35.5. The second-order valence-corrected chi connectivity index (χ2v) is 7.26. The predicted octanol–water partition coefficient (Wildman–Crippen LogP) is 6.75. The standard InChI is InChI=1S/C21H16ClNOS/c1-14-4-2-3-5-18(14)16-8-11-19-20(12-16)24-21(23-19)25-13-15-6-9-17(22)10-7-15/h2-12H,13H2,1H3. The number of benzene rings is 3. The lowest BCUT2D eigenvalue weighted by atomic mass is 10.0. The molecule has 1 aromatic heterocycles. The van der Waals surface area contributed by atoms with Crippen LogP contribution in [-0.4, -0.2) is 4.98 Å². The molecule has 1 heterocycles. The summed E-state index contributed by atoms with van der Waals surface area (Å²) in [5, 5.41) is 1.44. The van der Waals surface area contributed by atoms with Gasteiger partial charge >= 0.3 is 0 Å². The zero-order valence-corrected chi connectivity index (χ0v) is 15.3. The molecule has 4 rings (SSSR count). The van der Waals surface area contributed by atoms with Crippen LogP contribution in [0.25, 0.3) is 22.2 Å². The summed E-state index contributed by atoms with van der Waals surface area (Å²) in [6, 6.07) is 22.4. The Labute approximate surface area is 155 Å². The average molecular weight is 366 g/mol. The van der Waals surface area contributed by atoms with Crippen molar-refractivity contribution in [2.24, 2.45) is 0 Å². The molecule has 0 aliphatic heterocycles. The molecule has 124 valence electrons. The van der Waals surface area contributed by atoms with Crippen molar-refractivity contribution in [1.29, 1.82) is 0 Å². The lowest BCUT2D eigenvalue weighted by Crippen LogP contribution is -1.82.